The lowest BCUT2D eigenvalue weighted by atomic mass is 10.3. The van der Waals surface area contributed by atoms with Gasteiger partial charge < -0.3 is 11.1 Å². The number of rotatable bonds is 4. The Morgan fingerprint density at radius 2 is 2.31 bits per heavy atom. The fraction of sp³-hybridized carbons (Fsp3) is 0.444. The second-order valence-electron chi connectivity index (χ2n) is 3.31. The lowest BCUT2D eigenvalue weighted by molar-refractivity contribution is 0.0119. The van der Waals surface area contributed by atoms with E-state index in [2.05, 4.69) is 21.2 Å². The lowest BCUT2D eigenvalue weighted by Crippen LogP contribution is -2.41. The molecule has 16 heavy (non-hydrogen) atoms. The molecule has 1 aromatic heterocycles. The van der Waals surface area contributed by atoms with Gasteiger partial charge in [0.2, 0.25) is 0 Å². The smallest absolute Gasteiger partial charge is 0.277 e. The van der Waals surface area contributed by atoms with Crippen molar-refractivity contribution in [1.82, 2.24) is 5.32 Å². The summed E-state index contributed by atoms with van der Waals surface area (Å²) in [5.41, 5.74) is 5.76. The van der Waals surface area contributed by atoms with Crippen molar-refractivity contribution in [3.05, 3.63) is 20.3 Å². The Morgan fingerprint density at radius 3 is 2.75 bits per heavy atom. The molecule has 0 fully saturated rings. The lowest BCUT2D eigenvalue weighted by Gasteiger charge is -2.13. The summed E-state index contributed by atoms with van der Waals surface area (Å²) in [7, 11) is 0. The molecule has 7 heteroatoms. The number of aryl methyl sites for hydroxylation is 1. The van der Waals surface area contributed by atoms with Crippen LogP contribution in [0.3, 0.4) is 0 Å². The zero-order valence-electron chi connectivity index (χ0n) is 8.52. The molecule has 0 bridgehead atoms. The number of carbonyl (C=O) groups is 1. The van der Waals surface area contributed by atoms with Gasteiger partial charge in [0, 0.05) is 0 Å². The molecular formula is C9H11BrF2N2OS. The van der Waals surface area contributed by atoms with Gasteiger partial charge >= 0.3 is 0 Å². The number of alkyl halides is 2. The van der Waals surface area contributed by atoms with E-state index in [1.807, 2.05) is 6.92 Å². The van der Waals surface area contributed by atoms with Crippen LogP contribution in [0.2, 0.25) is 0 Å². The highest BCUT2D eigenvalue weighted by molar-refractivity contribution is 9.11. The fourth-order valence-corrected chi connectivity index (χ4v) is 2.39. The summed E-state index contributed by atoms with van der Waals surface area (Å²) in [5.74, 6) is -3.56. The van der Waals surface area contributed by atoms with E-state index < -0.39 is 24.9 Å². The monoisotopic (exact) mass is 312 g/mol. The number of hydrogen-bond donors (Lipinski definition) is 2. The summed E-state index contributed by atoms with van der Waals surface area (Å²) in [6.07, 6.45) is 0. The van der Waals surface area contributed by atoms with Crippen LogP contribution in [0, 0.1) is 6.92 Å². The van der Waals surface area contributed by atoms with E-state index in [1.165, 1.54) is 11.3 Å². The van der Waals surface area contributed by atoms with Gasteiger partial charge in [0.1, 0.15) is 0 Å². The van der Waals surface area contributed by atoms with Crippen molar-refractivity contribution in [3.8, 4) is 0 Å². The van der Waals surface area contributed by atoms with E-state index >= 15 is 0 Å². The van der Waals surface area contributed by atoms with E-state index in [0.29, 0.717) is 4.88 Å². The zero-order valence-corrected chi connectivity index (χ0v) is 10.9. The highest BCUT2D eigenvalue weighted by atomic mass is 79.9. The van der Waals surface area contributed by atoms with Crippen LogP contribution in [0.5, 0.6) is 0 Å². The van der Waals surface area contributed by atoms with Crippen molar-refractivity contribution in [2.75, 3.05) is 13.1 Å². The average molecular weight is 313 g/mol. The van der Waals surface area contributed by atoms with Gasteiger partial charge in [0.05, 0.1) is 21.8 Å². The van der Waals surface area contributed by atoms with Crippen molar-refractivity contribution >= 4 is 33.2 Å². The first-order valence-electron chi connectivity index (χ1n) is 4.48. The molecule has 0 unspecified atom stereocenters. The molecule has 0 saturated carbocycles. The highest BCUT2D eigenvalue weighted by Crippen LogP contribution is 2.27. The van der Waals surface area contributed by atoms with Gasteiger partial charge in [-0.1, -0.05) is 0 Å². The maximum atomic E-state index is 12.8. The Kier molecular flexibility index (Phi) is 4.40. The molecule has 0 spiro atoms. The SMILES string of the molecule is Cc1cc(C(=O)NCC(F)(F)CN)sc1Br. The maximum Gasteiger partial charge on any atom is 0.277 e. The van der Waals surface area contributed by atoms with E-state index in [-0.39, 0.29) is 0 Å². The molecule has 0 saturated heterocycles. The van der Waals surface area contributed by atoms with Crippen LogP contribution in [-0.4, -0.2) is 24.9 Å². The van der Waals surface area contributed by atoms with E-state index in [9.17, 15) is 13.6 Å². The van der Waals surface area contributed by atoms with Gasteiger partial charge in [-0.05, 0) is 34.5 Å². The van der Waals surface area contributed by atoms with Crippen molar-refractivity contribution in [2.45, 2.75) is 12.8 Å². The van der Waals surface area contributed by atoms with Crippen LogP contribution in [0.4, 0.5) is 8.78 Å². The first-order valence-corrected chi connectivity index (χ1v) is 6.09. The second kappa shape index (κ2) is 5.20. The molecule has 90 valence electrons. The molecule has 3 nitrogen and oxygen atoms in total. The Morgan fingerprint density at radius 1 is 1.69 bits per heavy atom. The molecule has 3 N–H and O–H groups in total. The van der Waals surface area contributed by atoms with E-state index in [1.54, 1.807) is 6.07 Å². The molecule has 0 aliphatic heterocycles. The Labute approximate surface area is 104 Å². The van der Waals surface area contributed by atoms with Gasteiger partial charge in [-0.2, -0.15) is 0 Å². The minimum atomic E-state index is -3.06. The van der Waals surface area contributed by atoms with Crippen molar-refractivity contribution in [1.29, 1.82) is 0 Å². The molecule has 0 aliphatic carbocycles. The molecule has 1 amide bonds. The summed E-state index contributed by atoms with van der Waals surface area (Å²) in [6, 6.07) is 1.64. The summed E-state index contributed by atoms with van der Waals surface area (Å²) in [5, 5.41) is 2.15. The van der Waals surface area contributed by atoms with E-state index in [0.717, 1.165) is 9.35 Å². The number of nitrogens with two attached hydrogens (primary N) is 1. The fourth-order valence-electron chi connectivity index (χ4n) is 0.941. The molecule has 0 aliphatic rings. The third kappa shape index (κ3) is 3.50. The Hall–Kier alpha value is -0.530. The van der Waals surface area contributed by atoms with Gasteiger partial charge in [-0.15, -0.1) is 11.3 Å². The number of amides is 1. The normalized spacial score (nSPS) is 11.6. The quantitative estimate of drug-likeness (QED) is 0.895. The summed E-state index contributed by atoms with van der Waals surface area (Å²) < 4.78 is 26.4. The first kappa shape index (κ1) is 13.5. The Balaban J connectivity index is 2.60. The standard InChI is InChI=1S/C9H11BrF2N2OS/c1-5-2-6(16-7(5)10)8(15)14-4-9(11,12)3-13/h2H,3-4,13H2,1H3,(H,14,15). The molecule has 0 atom stereocenters. The molecule has 1 rings (SSSR count). The summed E-state index contributed by atoms with van der Waals surface area (Å²) in [6.45, 7) is 0.309. The predicted octanol–water partition coefficient (Wildman–Crippen LogP) is 2.14. The van der Waals surface area contributed by atoms with Gasteiger partial charge in [-0.25, -0.2) is 8.78 Å². The van der Waals surface area contributed by atoms with Crippen molar-refractivity contribution < 1.29 is 13.6 Å². The number of hydrogen-bond acceptors (Lipinski definition) is 3. The predicted molar refractivity (Wildman–Crippen MR) is 63.1 cm³/mol. The number of thiophene rings is 1. The van der Waals surface area contributed by atoms with E-state index in [4.69, 9.17) is 5.73 Å². The highest BCUT2D eigenvalue weighted by Gasteiger charge is 2.27. The van der Waals surface area contributed by atoms with Gasteiger partial charge in [0.25, 0.3) is 11.8 Å². The average Bonchev–Trinajstić information content (AvgIpc) is 2.56. The Bertz CT molecular complexity index is 375. The number of carbonyl (C=O) groups excluding carboxylic acids is 1. The van der Waals surface area contributed by atoms with Crippen LogP contribution in [-0.2, 0) is 0 Å². The van der Waals surface area contributed by atoms with Crippen LogP contribution >= 0.6 is 27.3 Å². The number of nitrogens with one attached hydrogen (secondary N) is 1. The third-order valence-electron chi connectivity index (χ3n) is 1.89. The third-order valence-corrected chi connectivity index (χ3v) is 4.02. The minimum absolute atomic E-state index is 0.400. The maximum absolute atomic E-state index is 12.8. The summed E-state index contributed by atoms with van der Waals surface area (Å²) >= 11 is 4.47. The molecule has 0 radical (unpaired) electrons. The van der Waals surface area contributed by atoms with Crippen LogP contribution in [0.15, 0.2) is 9.85 Å². The van der Waals surface area contributed by atoms with Gasteiger partial charge in [0.15, 0.2) is 0 Å². The first-order chi connectivity index (χ1) is 7.35. The van der Waals surface area contributed by atoms with Crippen LogP contribution < -0.4 is 11.1 Å². The molecule has 0 aromatic carbocycles. The number of halogens is 3. The van der Waals surface area contributed by atoms with Crippen LogP contribution in [0.25, 0.3) is 0 Å². The topological polar surface area (TPSA) is 55.1 Å². The summed E-state index contributed by atoms with van der Waals surface area (Å²) in [4.78, 5) is 11.9. The second-order valence-corrected chi connectivity index (χ2v) is 5.68. The molecular weight excluding hydrogens is 302 g/mol. The van der Waals surface area contributed by atoms with Crippen molar-refractivity contribution in [3.63, 3.8) is 0 Å². The minimum Gasteiger partial charge on any atom is -0.345 e. The van der Waals surface area contributed by atoms with Crippen LogP contribution in [0.1, 0.15) is 15.2 Å². The largest absolute Gasteiger partial charge is 0.345 e. The van der Waals surface area contributed by atoms with Crippen molar-refractivity contribution in [2.24, 2.45) is 5.73 Å². The zero-order chi connectivity index (χ0) is 12.3. The van der Waals surface area contributed by atoms with Gasteiger partial charge in [-0.3, -0.25) is 4.79 Å². The molecule has 1 heterocycles. The molecule has 1 aromatic rings.